The predicted molar refractivity (Wildman–Crippen MR) is 95.3 cm³/mol. The number of amides is 1. The second kappa shape index (κ2) is 8.01. The molecule has 6 nitrogen and oxygen atoms in total. The molecule has 2 N–H and O–H groups in total. The van der Waals surface area contributed by atoms with Crippen LogP contribution in [-0.2, 0) is 4.79 Å². The molecule has 2 aromatic carbocycles. The Labute approximate surface area is 145 Å². The highest BCUT2D eigenvalue weighted by atomic mass is 16.5. The zero-order valence-corrected chi connectivity index (χ0v) is 14.2. The van der Waals surface area contributed by atoms with Crippen molar-refractivity contribution in [3.8, 4) is 17.2 Å². The largest absolute Gasteiger partial charge is 0.502 e. The van der Waals surface area contributed by atoms with Gasteiger partial charge in [-0.3, -0.25) is 9.59 Å². The van der Waals surface area contributed by atoms with Gasteiger partial charge >= 0.3 is 0 Å². The number of aromatic hydroxyl groups is 1. The lowest BCUT2D eigenvalue weighted by atomic mass is 10.1. The lowest BCUT2D eigenvalue weighted by Crippen LogP contribution is -2.06. The highest BCUT2D eigenvalue weighted by molar-refractivity contribution is 6.07. The van der Waals surface area contributed by atoms with Gasteiger partial charge in [-0.25, -0.2) is 0 Å². The molecular weight excluding hydrogens is 322 g/mol. The van der Waals surface area contributed by atoms with Crippen LogP contribution in [0.4, 0.5) is 5.69 Å². The Morgan fingerprint density at radius 2 is 1.72 bits per heavy atom. The number of ether oxygens (including phenoxy) is 2. The molecule has 0 spiro atoms. The minimum atomic E-state index is -0.224. The van der Waals surface area contributed by atoms with E-state index in [2.05, 4.69) is 5.32 Å². The molecule has 0 fully saturated rings. The number of carbonyl (C=O) groups is 2. The van der Waals surface area contributed by atoms with Crippen molar-refractivity contribution >= 4 is 23.5 Å². The maximum atomic E-state index is 12.3. The van der Waals surface area contributed by atoms with Crippen LogP contribution in [0.1, 0.15) is 22.8 Å². The molecule has 0 atom stereocenters. The molecule has 25 heavy (non-hydrogen) atoms. The standard InChI is InChI=1S/C19H19NO5/c1-12(21)20-15-6-4-5-14(11-15)16(22)8-7-13-9-17(24-2)19(23)18(10-13)25-3/h4-11,23H,1-3H3,(H,20,21)/b8-7+. The van der Waals surface area contributed by atoms with Crippen molar-refractivity contribution in [2.75, 3.05) is 19.5 Å². The van der Waals surface area contributed by atoms with Gasteiger partial charge in [0.05, 0.1) is 14.2 Å². The van der Waals surface area contributed by atoms with Crippen molar-refractivity contribution < 1.29 is 24.2 Å². The SMILES string of the molecule is COc1cc(/C=C/C(=O)c2cccc(NC(C)=O)c2)cc(OC)c1O. The van der Waals surface area contributed by atoms with Gasteiger partial charge in [-0.2, -0.15) is 0 Å². The third kappa shape index (κ3) is 4.60. The van der Waals surface area contributed by atoms with Gasteiger partial charge in [0, 0.05) is 18.2 Å². The summed E-state index contributed by atoms with van der Waals surface area (Å²) in [5, 5.41) is 12.5. The molecule has 0 aliphatic carbocycles. The van der Waals surface area contributed by atoms with E-state index in [1.807, 2.05) is 0 Å². The molecule has 0 aromatic heterocycles. The number of methoxy groups -OCH3 is 2. The van der Waals surface area contributed by atoms with Crippen molar-refractivity contribution in [3.05, 3.63) is 53.6 Å². The summed E-state index contributed by atoms with van der Waals surface area (Å²) in [4.78, 5) is 23.4. The molecule has 0 bridgehead atoms. The van der Waals surface area contributed by atoms with Crippen LogP contribution in [0.25, 0.3) is 6.08 Å². The molecule has 0 aliphatic heterocycles. The van der Waals surface area contributed by atoms with Crippen molar-refractivity contribution in [3.63, 3.8) is 0 Å². The van der Waals surface area contributed by atoms with Crippen LogP contribution in [0.3, 0.4) is 0 Å². The van der Waals surface area contributed by atoms with Crippen LogP contribution in [0.5, 0.6) is 17.2 Å². The number of anilines is 1. The van der Waals surface area contributed by atoms with Gasteiger partial charge < -0.3 is 19.9 Å². The van der Waals surface area contributed by atoms with E-state index in [4.69, 9.17) is 9.47 Å². The minimum Gasteiger partial charge on any atom is -0.502 e. The number of nitrogens with one attached hydrogen (secondary N) is 1. The summed E-state index contributed by atoms with van der Waals surface area (Å²) >= 11 is 0. The molecule has 0 radical (unpaired) electrons. The van der Waals surface area contributed by atoms with Crippen LogP contribution >= 0.6 is 0 Å². The molecule has 0 saturated carbocycles. The van der Waals surface area contributed by atoms with Gasteiger partial charge in [-0.15, -0.1) is 0 Å². The quantitative estimate of drug-likeness (QED) is 0.622. The fraction of sp³-hybridized carbons (Fsp3) is 0.158. The van der Waals surface area contributed by atoms with Crippen LogP contribution in [-0.4, -0.2) is 31.0 Å². The summed E-state index contributed by atoms with van der Waals surface area (Å²) in [5.74, 6) is -0.0312. The number of hydrogen-bond acceptors (Lipinski definition) is 5. The lowest BCUT2D eigenvalue weighted by molar-refractivity contribution is -0.114. The molecule has 2 rings (SSSR count). The van der Waals surface area contributed by atoms with Gasteiger partial charge in [0.2, 0.25) is 11.7 Å². The molecule has 0 saturated heterocycles. The number of allylic oxidation sites excluding steroid dienone is 1. The van der Waals surface area contributed by atoms with Crippen LogP contribution in [0.2, 0.25) is 0 Å². The second-order valence-electron chi connectivity index (χ2n) is 5.23. The third-order valence-corrected chi connectivity index (χ3v) is 3.40. The highest BCUT2D eigenvalue weighted by Gasteiger charge is 2.10. The summed E-state index contributed by atoms with van der Waals surface area (Å²) < 4.78 is 10.2. The zero-order chi connectivity index (χ0) is 18.4. The van der Waals surface area contributed by atoms with Crippen molar-refractivity contribution in [2.45, 2.75) is 6.92 Å². The van der Waals surface area contributed by atoms with Gasteiger partial charge in [0.1, 0.15) is 0 Å². The smallest absolute Gasteiger partial charge is 0.221 e. The minimum absolute atomic E-state index is 0.100. The molecule has 0 heterocycles. The average Bonchev–Trinajstić information content (AvgIpc) is 2.60. The number of hydrogen-bond donors (Lipinski definition) is 2. The van der Waals surface area contributed by atoms with E-state index in [0.717, 1.165) is 0 Å². The summed E-state index contributed by atoms with van der Waals surface area (Å²) in [6.07, 6.45) is 3.00. The number of phenols is 1. The first-order chi connectivity index (χ1) is 11.9. The Kier molecular flexibility index (Phi) is 5.79. The Bertz CT molecular complexity index is 801. The summed E-state index contributed by atoms with van der Waals surface area (Å²) in [6, 6.07) is 9.85. The van der Waals surface area contributed by atoms with Crippen molar-refractivity contribution in [2.24, 2.45) is 0 Å². The van der Waals surface area contributed by atoms with E-state index in [9.17, 15) is 14.7 Å². The molecule has 1 amide bonds. The predicted octanol–water partition coefficient (Wildman–Crippen LogP) is 3.26. The molecule has 0 aliphatic rings. The fourth-order valence-corrected chi connectivity index (χ4v) is 2.23. The van der Waals surface area contributed by atoms with E-state index in [1.54, 1.807) is 42.5 Å². The molecule has 0 unspecified atom stereocenters. The summed E-state index contributed by atoms with van der Waals surface area (Å²) in [7, 11) is 2.86. The number of rotatable bonds is 6. The molecular formula is C19H19NO5. The van der Waals surface area contributed by atoms with Crippen molar-refractivity contribution in [1.82, 2.24) is 0 Å². The van der Waals surface area contributed by atoms with Crippen LogP contribution in [0.15, 0.2) is 42.5 Å². The number of benzene rings is 2. The van der Waals surface area contributed by atoms with E-state index >= 15 is 0 Å². The first kappa shape index (κ1) is 18.1. The monoisotopic (exact) mass is 341 g/mol. The van der Waals surface area contributed by atoms with Crippen LogP contribution in [0, 0.1) is 0 Å². The topological polar surface area (TPSA) is 84.9 Å². The fourth-order valence-electron chi connectivity index (χ4n) is 2.23. The Morgan fingerprint density at radius 1 is 1.08 bits per heavy atom. The average molecular weight is 341 g/mol. The maximum absolute atomic E-state index is 12.3. The highest BCUT2D eigenvalue weighted by Crippen LogP contribution is 2.37. The molecule has 2 aromatic rings. The lowest BCUT2D eigenvalue weighted by Gasteiger charge is -2.09. The van der Waals surface area contributed by atoms with E-state index in [1.165, 1.54) is 27.2 Å². The summed E-state index contributed by atoms with van der Waals surface area (Å²) in [5.41, 5.74) is 1.64. The summed E-state index contributed by atoms with van der Waals surface area (Å²) in [6.45, 7) is 1.40. The number of ketones is 1. The van der Waals surface area contributed by atoms with Crippen molar-refractivity contribution in [1.29, 1.82) is 0 Å². The van der Waals surface area contributed by atoms with E-state index in [-0.39, 0.29) is 28.9 Å². The number of phenolic OH excluding ortho intramolecular Hbond substituents is 1. The van der Waals surface area contributed by atoms with Gasteiger partial charge in [-0.1, -0.05) is 18.2 Å². The Morgan fingerprint density at radius 3 is 2.28 bits per heavy atom. The molecule has 130 valence electrons. The van der Waals surface area contributed by atoms with E-state index in [0.29, 0.717) is 16.8 Å². The van der Waals surface area contributed by atoms with Gasteiger partial charge in [-0.05, 0) is 35.9 Å². The molecule has 6 heteroatoms. The Balaban J connectivity index is 2.24. The first-order valence-corrected chi connectivity index (χ1v) is 7.49. The van der Waals surface area contributed by atoms with Gasteiger partial charge in [0.15, 0.2) is 17.3 Å². The van der Waals surface area contributed by atoms with Gasteiger partial charge in [0.25, 0.3) is 0 Å². The van der Waals surface area contributed by atoms with Crippen LogP contribution < -0.4 is 14.8 Å². The second-order valence-corrected chi connectivity index (χ2v) is 5.23. The zero-order valence-electron chi connectivity index (χ0n) is 14.2. The first-order valence-electron chi connectivity index (χ1n) is 7.49. The normalized spacial score (nSPS) is 10.5. The van der Waals surface area contributed by atoms with E-state index < -0.39 is 0 Å². The third-order valence-electron chi connectivity index (χ3n) is 3.40. The maximum Gasteiger partial charge on any atom is 0.221 e. The number of carbonyl (C=O) groups excluding carboxylic acids is 2. The Hall–Kier alpha value is -3.28.